The average Bonchev–Trinajstić information content (AvgIpc) is 2.37. The molecule has 1 atom stereocenters. The molecule has 0 saturated carbocycles. The number of methoxy groups -OCH3 is 1. The smallest absolute Gasteiger partial charge is 0.410 e. The minimum atomic E-state index is -0.839. The van der Waals surface area contributed by atoms with E-state index in [-0.39, 0.29) is 0 Å². The van der Waals surface area contributed by atoms with E-state index in [9.17, 15) is 9.59 Å². The van der Waals surface area contributed by atoms with E-state index in [1.807, 2.05) is 0 Å². The second-order valence-corrected chi connectivity index (χ2v) is 5.94. The molecule has 0 radical (unpaired) electrons. The molecule has 0 N–H and O–H groups in total. The van der Waals surface area contributed by atoms with Gasteiger partial charge in [-0.3, -0.25) is 4.90 Å². The summed E-state index contributed by atoms with van der Waals surface area (Å²) >= 11 is 6.05. The number of para-hydroxylation sites is 1. The lowest BCUT2D eigenvalue weighted by molar-refractivity contribution is -0.112. The van der Waals surface area contributed by atoms with Gasteiger partial charge in [0, 0.05) is 12.6 Å². The van der Waals surface area contributed by atoms with Crippen LogP contribution in [0.15, 0.2) is 18.2 Å². The molecule has 1 amide bonds. The van der Waals surface area contributed by atoms with Gasteiger partial charge in [0.1, 0.15) is 23.7 Å². The molecule has 1 unspecified atom stereocenters. The van der Waals surface area contributed by atoms with E-state index in [0.717, 1.165) is 0 Å². The number of benzene rings is 1. The van der Waals surface area contributed by atoms with Crippen molar-refractivity contribution < 1.29 is 19.1 Å². The number of amides is 1. The van der Waals surface area contributed by atoms with Crippen LogP contribution in [0.5, 0.6) is 5.75 Å². The third-order valence-corrected chi connectivity index (χ3v) is 3.05. The first kappa shape index (κ1) is 17.3. The van der Waals surface area contributed by atoms with Crippen molar-refractivity contribution in [1.82, 2.24) is 4.90 Å². The molecule has 0 fully saturated rings. The Morgan fingerprint density at radius 3 is 2.48 bits per heavy atom. The van der Waals surface area contributed by atoms with Crippen LogP contribution in [0.3, 0.4) is 0 Å². The number of likely N-dealkylation sites (N-methyl/N-ethyl adjacent to an activating group) is 1. The minimum Gasteiger partial charge on any atom is -0.495 e. The summed E-state index contributed by atoms with van der Waals surface area (Å²) < 4.78 is 10.5. The molecule has 0 aliphatic heterocycles. The summed E-state index contributed by atoms with van der Waals surface area (Å²) in [6, 6.07) is 4.19. The molecule has 1 aromatic carbocycles. The molecule has 0 bridgehead atoms. The van der Waals surface area contributed by atoms with E-state index in [4.69, 9.17) is 21.1 Å². The first-order chi connectivity index (χ1) is 9.71. The van der Waals surface area contributed by atoms with Crippen molar-refractivity contribution in [1.29, 1.82) is 0 Å². The summed E-state index contributed by atoms with van der Waals surface area (Å²) in [6.07, 6.45) is 0.0552. The van der Waals surface area contributed by atoms with Gasteiger partial charge in [-0.25, -0.2) is 4.79 Å². The predicted octanol–water partition coefficient (Wildman–Crippen LogP) is 3.46. The topological polar surface area (TPSA) is 55.8 Å². The molecular formula is C15H20ClNO4. The molecule has 0 aliphatic rings. The minimum absolute atomic E-state index is 0.367. The summed E-state index contributed by atoms with van der Waals surface area (Å²) in [5, 5.41) is 0.374. The van der Waals surface area contributed by atoms with E-state index in [0.29, 0.717) is 22.6 Å². The molecule has 5 nitrogen and oxygen atoms in total. The first-order valence-corrected chi connectivity index (χ1v) is 6.82. The van der Waals surface area contributed by atoms with Crippen molar-refractivity contribution in [3.8, 4) is 5.75 Å². The fraction of sp³-hybridized carbons (Fsp3) is 0.467. The summed E-state index contributed by atoms with van der Waals surface area (Å²) in [7, 11) is 2.95. The fourth-order valence-electron chi connectivity index (χ4n) is 1.79. The quantitative estimate of drug-likeness (QED) is 0.799. The number of aldehydes is 1. The summed E-state index contributed by atoms with van der Waals surface area (Å²) in [5.41, 5.74) is -0.134. The zero-order chi connectivity index (χ0) is 16.2. The lowest BCUT2D eigenvalue weighted by Crippen LogP contribution is -2.37. The number of hydrogen-bond donors (Lipinski definition) is 0. The molecule has 0 aliphatic carbocycles. The maximum Gasteiger partial charge on any atom is 0.410 e. The normalized spacial score (nSPS) is 12.5. The Morgan fingerprint density at radius 1 is 1.38 bits per heavy atom. The number of carbonyl (C=O) groups is 2. The van der Waals surface area contributed by atoms with Crippen LogP contribution in [0.4, 0.5) is 4.79 Å². The van der Waals surface area contributed by atoms with Crippen LogP contribution in [0, 0.1) is 0 Å². The Kier molecular flexibility index (Phi) is 5.61. The third-order valence-electron chi connectivity index (χ3n) is 2.75. The largest absolute Gasteiger partial charge is 0.495 e. The SMILES string of the molecule is COc1c(Cl)cccc1C(C=O)N(C)C(=O)OC(C)(C)C. The van der Waals surface area contributed by atoms with Crippen LogP contribution in [-0.4, -0.2) is 37.0 Å². The van der Waals surface area contributed by atoms with Crippen molar-refractivity contribution in [2.45, 2.75) is 32.4 Å². The second-order valence-electron chi connectivity index (χ2n) is 5.53. The van der Waals surface area contributed by atoms with Crippen LogP contribution in [0.25, 0.3) is 0 Å². The Bertz CT molecular complexity index is 525. The number of nitrogens with zero attached hydrogens (tertiary/aromatic N) is 1. The van der Waals surface area contributed by atoms with E-state index in [1.165, 1.54) is 19.1 Å². The highest BCUT2D eigenvalue weighted by Crippen LogP contribution is 2.34. The number of ether oxygens (including phenoxy) is 2. The summed E-state index contributed by atoms with van der Waals surface area (Å²) in [4.78, 5) is 24.8. The molecule has 0 saturated heterocycles. The highest BCUT2D eigenvalue weighted by molar-refractivity contribution is 6.32. The van der Waals surface area contributed by atoms with Crippen LogP contribution in [-0.2, 0) is 9.53 Å². The molecule has 1 rings (SSSR count). The van der Waals surface area contributed by atoms with Gasteiger partial charge in [0.15, 0.2) is 0 Å². The Morgan fingerprint density at radius 2 is 2.00 bits per heavy atom. The van der Waals surface area contributed by atoms with Gasteiger partial charge >= 0.3 is 6.09 Å². The van der Waals surface area contributed by atoms with Crippen molar-refractivity contribution >= 4 is 24.0 Å². The van der Waals surface area contributed by atoms with Crippen molar-refractivity contribution in [2.24, 2.45) is 0 Å². The van der Waals surface area contributed by atoms with Crippen LogP contribution in [0.2, 0.25) is 5.02 Å². The van der Waals surface area contributed by atoms with Crippen LogP contribution >= 0.6 is 11.6 Å². The standard InChI is InChI=1S/C15H20ClNO4/c1-15(2,3)21-14(19)17(4)12(9-18)10-7-6-8-11(16)13(10)20-5/h6-9,12H,1-5H3. The van der Waals surface area contributed by atoms with Crippen molar-refractivity contribution in [3.05, 3.63) is 28.8 Å². The number of carbonyl (C=O) groups excluding carboxylic acids is 2. The van der Waals surface area contributed by atoms with E-state index in [2.05, 4.69) is 0 Å². The Labute approximate surface area is 129 Å². The van der Waals surface area contributed by atoms with Gasteiger partial charge in [-0.1, -0.05) is 23.7 Å². The van der Waals surface area contributed by atoms with E-state index >= 15 is 0 Å². The van der Waals surface area contributed by atoms with Crippen LogP contribution < -0.4 is 4.74 Å². The lowest BCUT2D eigenvalue weighted by atomic mass is 10.1. The number of hydrogen-bond acceptors (Lipinski definition) is 4. The Hall–Kier alpha value is -1.75. The molecular weight excluding hydrogens is 294 g/mol. The molecule has 0 heterocycles. The summed E-state index contributed by atoms with van der Waals surface area (Å²) in [5.74, 6) is 0.367. The zero-order valence-corrected chi connectivity index (χ0v) is 13.6. The summed E-state index contributed by atoms with van der Waals surface area (Å²) in [6.45, 7) is 5.28. The first-order valence-electron chi connectivity index (χ1n) is 6.44. The second kappa shape index (κ2) is 6.80. The maximum absolute atomic E-state index is 12.1. The molecule has 6 heteroatoms. The molecule has 1 aromatic rings. The van der Waals surface area contributed by atoms with Gasteiger partial charge < -0.3 is 14.3 Å². The maximum atomic E-state index is 12.1. The molecule has 21 heavy (non-hydrogen) atoms. The van der Waals surface area contributed by atoms with E-state index in [1.54, 1.807) is 39.0 Å². The number of rotatable bonds is 4. The van der Waals surface area contributed by atoms with Gasteiger partial charge in [-0.2, -0.15) is 0 Å². The van der Waals surface area contributed by atoms with Crippen molar-refractivity contribution in [3.63, 3.8) is 0 Å². The molecule has 0 aromatic heterocycles. The van der Waals surface area contributed by atoms with Gasteiger partial charge in [0.05, 0.1) is 12.1 Å². The monoisotopic (exact) mass is 313 g/mol. The molecule has 0 spiro atoms. The predicted molar refractivity (Wildman–Crippen MR) is 80.8 cm³/mol. The van der Waals surface area contributed by atoms with Gasteiger partial charge in [0.25, 0.3) is 0 Å². The van der Waals surface area contributed by atoms with E-state index < -0.39 is 17.7 Å². The lowest BCUT2D eigenvalue weighted by Gasteiger charge is -2.28. The third kappa shape index (κ3) is 4.36. The fourth-order valence-corrected chi connectivity index (χ4v) is 2.05. The highest BCUT2D eigenvalue weighted by atomic mass is 35.5. The zero-order valence-electron chi connectivity index (χ0n) is 12.8. The van der Waals surface area contributed by atoms with Gasteiger partial charge in [-0.15, -0.1) is 0 Å². The van der Waals surface area contributed by atoms with Gasteiger partial charge in [0.2, 0.25) is 0 Å². The highest BCUT2D eigenvalue weighted by Gasteiger charge is 2.28. The molecule has 116 valence electrons. The van der Waals surface area contributed by atoms with Crippen LogP contribution in [0.1, 0.15) is 32.4 Å². The Balaban J connectivity index is 3.11. The number of halogens is 1. The van der Waals surface area contributed by atoms with Crippen molar-refractivity contribution in [2.75, 3.05) is 14.2 Å². The average molecular weight is 314 g/mol. The van der Waals surface area contributed by atoms with Gasteiger partial charge in [-0.05, 0) is 26.8 Å².